The van der Waals surface area contributed by atoms with Gasteiger partial charge in [-0.25, -0.2) is 0 Å². The Labute approximate surface area is 140 Å². The number of hydrogen-bond donors (Lipinski definition) is 2. The van der Waals surface area contributed by atoms with Crippen molar-refractivity contribution in [3.8, 4) is 0 Å². The van der Waals surface area contributed by atoms with Crippen LogP contribution in [0.25, 0.3) is 10.9 Å². The first-order valence-electron chi connectivity index (χ1n) is 7.72. The van der Waals surface area contributed by atoms with Gasteiger partial charge in [0.05, 0.1) is 12.1 Å². The zero-order valence-corrected chi connectivity index (χ0v) is 13.7. The highest BCUT2D eigenvalue weighted by atomic mass is 16.2. The smallest absolute Gasteiger partial charge is 0.256 e. The molecule has 0 aliphatic rings. The lowest BCUT2D eigenvalue weighted by Crippen LogP contribution is -2.34. The third-order valence-electron chi connectivity index (χ3n) is 3.88. The second-order valence-corrected chi connectivity index (χ2v) is 5.82. The quantitative estimate of drug-likeness (QED) is 0.775. The van der Waals surface area contributed by atoms with E-state index >= 15 is 0 Å². The number of aromatic amines is 1. The Morgan fingerprint density at radius 1 is 1.08 bits per heavy atom. The number of carbonyl (C=O) groups is 2. The molecule has 5 heteroatoms. The number of aromatic nitrogens is 1. The number of benzene rings is 2. The van der Waals surface area contributed by atoms with Gasteiger partial charge in [-0.05, 0) is 25.1 Å². The predicted octanol–water partition coefficient (Wildman–Crippen LogP) is 3.19. The number of H-pyrrole nitrogens is 1. The summed E-state index contributed by atoms with van der Waals surface area (Å²) in [6, 6.07) is 15.1. The number of aryl methyl sites for hydroxylation is 1. The maximum atomic E-state index is 12.6. The van der Waals surface area contributed by atoms with E-state index in [1.54, 1.807) is 13.2 Å². The van der Waals surface area contributed by atoms with Gasteiger partial charge in [-0.3, -0.25) is 9.59 Å². The summed E-state index contributed by atoms with van der Waals surface area (Å²) in [4.78, 5) is 29.2. The van der Waals surface area contributed by atoms with E-state index in [1.807, 2.05) is 55.5 Å². The number of carbonyl (C=O) groups excluding carboxylic acids is 2. The van der Waals surface area contributed by atoms with E-state index in [4.69, 9.17) is 0 Å². The summed E-state index contributed by atoms with van der Waals surface area (Å²) in [5, 5.41) is 3.65. The van der Waals surface area contributed by atoms with E-state index in [0.717, 1.165) is 22.2 Å². The van der Waals surface area contributed by atoms with Crippen molar-refractivity contribution in [2.75, 3.05) is 18.9 Å². The monoisotopic (exact) mass is 321 g/mol. The van der Waals surface area contributed by atoms with E-state index in [0.29, 0.717) is 5.56 Å². The Hall–Kier alpha value is -3.08. The van der Waals surface area contributed by atoms with E-state index in [1.165, 1.54) is 4.90 Å². The molecule has 0 unspecified atom stereocenters. The number of likely N-dealkylation sites (N-methyl/N-ethyl adjacent to an activating group) is 1. The first-order chi connectivity index (χ1) is 11.5. The molecule has 0 saturated heterocycles. The number of amides is 2. The third kappa shape index (κ3) is 3.30. The number of rotatable bonds is 4. The van der Waals surface area contributed by atoms with Gasteiger partial charge in [0.15, 0.2) is 0 Å². The minimum atomic E-state index is -0.227. The molecule has 0 saturated carbocycles. The molecule has 0 atom stereocenters. The lowest BCUT2D eigenvalue weighted by molar-refractivity contribution is -0.116. The summed E-state index contributed by atoms with van der Waals surface area (Å²) in [7, 11) is 1.62. The molecule has 3 rings (SSSR count). The van der Waals surface area contributed by atoms with Crippen molar-refractivity contribution < 1.29 is 9.59 Å². The van der Waals surface area contributed by atoms with E-state index in [2.05, 4.69) is 10.3 Å². The molecule has 1 heterocycles. The summed E-state index contributed by atoms with van der Waals surface area (Å²) >= 11 is 0. The van der Waals surface area contributed by atoms with E-state index in [9.17, 15) is 9.59 Å². The second-order valence-electron chi connectivity index (χ2n) is 5.82. The number of nitrogens with zero attached hydrogens (tertiary/aromatic N) is 1. The van der Waals surface area contributed by atoms with Crippen molar-refractivity contribution in [2.45, 2.75) is 6.92 Å². The summed E-state index contributed by atoms with van der Waals surface area (Å²) in [6.45, 7) is 1.98. The van der Waals surface area contributed by atoms with Gasteiger partial charge in [0.1, 0.15) is 0 Å². The molecule has 5 nitrogen and oxygen atoms in total. The highest BCUT2D eigenvalue weighted by Gasteiger charge is 2.18. The van der Waals surface area contributed by atoms with Crippen LogP contribution >= 0.6 is 0 Å². The first-order valence-corrected chi connectivity index (χ1v) is 7.72. The number of para-hydroxylation sites is 1. The van der Waals surface area contributed by atoms with E-state index < -0.39 is 0 Å². The molecule has 0 aliphatic carbocycles. The zero-order chi connectivity index (χ0) is 17.1. The van der Waals surface area contributed by atoms with Crippen LogP contribution < -0.4 is 5.32 Å². The molecule has 0 fully saturated rings. The molecular weight excluding hydrogens is 302 g/mol. The van der Waals surface area contributed by atoms with Gasteiger partial charge in [0.25, 0.3) is 5.91 Å². The molecule has 1 aromatic heterocycles. The molecule has 2 amide bonds. The fraction of sp³-hybridized carbons (Fsp3) is 0.158. The van der Waals surface area contributed by atoms with Crippen molar-refractivity contribution in [1.82, 2.24) is 9.88 Å². The molecule has 3 aromatic rings. The van der Waals surface area contributed by atoms with Crippen LogP contribution in [0.15, 0.2) is 54.7 Å². The van der Waals surface area contributed by atoms with Crippen LogP contribution in [0.5, 0.6) is 0 Å². The molecule has 0 bridgehead atoms. The van der Waals surface area contributed by atoms with Crippen LogP contribution in [0.4, 0.5) is 5.69 Å². The predicted molar refractivity (Wildman–Crippen MR) is 95.1 cm³/mol. The van der Waals surface area contributed by atoms with Crippen LogP contribution in [0.3, 0.4) is 0 Å². The van der Waals surface area contributed by atoms with Gasteiger partial charge in [-0.1, -0.05) is 35.9 Å². The van der Waals surface area contributed by atoms with Gasteiger partial charge < -0.3 is 15.2 Å². The van der Waals surface area contributed by atoms with Gasteiger partial charge in [0.2, 0.25) is 5.91 Å². The summed E-state index contributed by atoms with van der Waals surface area (Å²) in [5.41, 5.74) is 3.31. The molecule has 24 heavy (non-hydrogen) atoms. The largest absolute Gasteiger partial charge is 0.360 e. The van der Waals surface area contributed by atoms with Gasteiger partial charge in [-0.15, -0.1) is 0 Å². The molecule has 0 aliphatic heterocycles. The highest BCUT2D eigenvalue weighted by molar-refractivity contribution is 6.08. The van der Waals surface area contributed by atoms with Gasteiger partial charge in [0, 0.05) is 29.8 Å². The Morgan fingerprint density at radius 2 is 1.79 bits per heavy atom. The molecule has 0 spiro atoms. The van der Waals surface area contributed by atoms with Crippen molar-refractivity contribution in [3.63, 3.8) is 0 Å². The van der Waals surface area contributed by atoms with Crippen LogP contribution in [0.2, 0.25) is 0 Å². The SMILES string of the molecule is Cc1ccc(NC(=O)CN(C)C(=O)c2c[nH]c3ccccc23)cc1. The number of hydrogen-bond acceptors (Lipinski definition) is 2. The molecule has 2 N–H and O–H groups in total. The normalized spacial score (nSPS) is 10.6. The fourth-order valence-corrected chi connectivity index (χ4v) is 2.58. The summed E-state index contributed by atoms with van der Waals surface area (Å²) in [5.74, 6) is -0.416. The zero-order valence-electron chi connectivity index (χ0n) is 13.7. The summed E-state index contributed by atoms with van der Waals surface area (Å²) < 4.78 is 0. The molecular formula is C19H19N3O2. The van der Waals surface area contributed by atoms with Crippen molar-refractivity contribution in [1.29, 1.82) is 0 Å². The van der Waals surface area contributed by atoms with Crippen LogP contribution in [-0.4, -0.2) is 35.3 Å². The standard InChI is InChI=1S/C19H19N3O2/c1-13-7-9-14(10-8-13)21-18(23)12-22(2)19(24)16-11-20-17-6-4-3-5-15(16)17/h3-11,20H,12H2,1-2H3,(H,21,23). The van der Waals surface area contributed by atoms with Gasteiger partial charge in [-0.2, -0.15) is 0 Å². The third-order valence-corrected chi connectivity index (χ3v) is 3.88. The van der Waals surface area contributed by atoms with E-state index in [-0.39, 0.29) is 18.4 Å². The molecule has 122 valence electrons. The maximum Gasteiger partial charge on any atom is 0.256 e. The lowest BCUT2D eigenvalue weighted by atomic mass is 10.1. The topological polar surface area (TPSA) is 65.2 Å². The van der Waals surface area contributed by atoms with Crippen molar-refractivity contribution in [3.05, 3.63) is 65.9 Å². The van der Waals surface area contributed by atoms with Crippen LogP contribution in [0.1, 0.15) is 15.9 Å². The van der Waals surface area contributed by atoms with Crippen molar-refractivity contribution >= 4 is 28.4 Å². The highest BCUT2D eigenvalue weighted by Crippen LogP contribution is 2.19. The summed E-state index contributed by atoms with van der Waals surface area (Å²) in [6.07, 6.45) is 1.68. The average molecular weight is 321 g/mol. The van der Waals surface area contributed by atoms with Crippen LogP contribution in [0, 0.1) is 6.92 Å². The first kappa shape index (κ1) is 15.8. The Balaban J connectivity index is 1.67. The van der Waals surface area contributed by atoms with Crippen molar-refractivity contribution in [2.24, 2.45) is 0 Å². The number of anilines is 1. The van der Waals surface area contributed by atoms with Crippen LogP contribution in [-0.2, 0) is 4.79 Å². The maximum absolute atomic E-state index is 12.6. The lowest BCUT2D eigenvalue weighted by Gasteiger charge is -2.16. The fourth-order valence-electron chi connectivity index (χ4n) is 2.58. The minimum absolute atomic E-state index is 0.00772. The molecule has 0 radical (unpaired) electrons. The Morgan fingerprint density at radius 3 is 2.54 bits per heavy atom. The number of nitrogens with one attached hydrogen (secondary N) is 2. The molecule has 2 aromatic carbocycles. The number of fused-ring (bicyclic) bond motifs is 1. The Bertz CT molecular complexity index is 881. The Kier molecular flexibility index (Phi) is 4.33. The van der Waals surface area contributed by atoms with Gasteiger partial charge >= 0.3 is 0 Å². The second kappa shape index (κ2) is 6.58. The average Bonchev–Trinajstić information content (AvgIpc) is 3.00. The minimum Gasteiger partial charge on any atom is -0.360 e.